The Hall–Kier alpha value is -2.32. The van der Waals surface area contributed by atoms with Gasteiger partial charge in [0, 0.05) is 39.2 Å². The number of aromatic amines is 1. The molecule has 0 radical (unpaired) electrons. The van der Waals surface area contributed by atoms with Crippen LogP contribution in [-0.2, 0) is 21.2 Å². The Labute approximate surface area is 214 Å². The van der Waals surface area contributed by atoms with Gasteiger partial charge in [0.2, 0.25) is 15.9 Å². The number of benzene rings is 2. The molecule has 3 N–H and O–H groups in total. The zero-order chi connectivity index (χ0) is 24.2. The molecular weight excluding hydrogens is 526 g/mol. The zero-order valence-electron chi connectivity index (χ0n) is 19.5. The Kier molecular flexibility index (Phi) is 5.72. The van der Waals surface area contributed by atoms with Crippen molar-refractivity contribution in [1.82, 2.24) is 10.3 Å². The molecule has 1 amide bonds. The molecule has 1 heterocycles. The third kappa shape index (κ3) is 4.51. The molecule has 4 bridgehead atoms. The van der Waals surface area contributed by atoms with E-state index in [2.05, 4.69) is 31.0 Å². The summed E-state index contributed by atoms with van der Waals surface area (Å²) in [7, 11) is -4.01. The number of halogens is 1. The molecule has 2 aromatic carbocycles. The van der Waals surface area contributed by atoms with Crippen molar-refractivity contribution >= 4 is 48.5 Å². The van der Waals surface area contributed by atoms with Crippen molar-refractivity contribution in [2.45, 2.75) is 55.7 Å². The van der Waals surface area contributed by atoms with E-state index in [1.54, 1.807) is 24.3 Å². The molecular formula is C27H30BrN3O3S. The maximum atomic E-state index is 13.8. The standard InChI is InChI=1S/C27H30BrN3O3S/c28-21-5-7-22(8-6-21)31-35(33,34)25(12-20-16-29-24-4-2-1-3-23(20)24)26(32)30-27-13-17-9-18(14-27)11-19(10-17)15-27/h1-8,16-19,25,29,31H,9-15H2,(H,30,32). The molecule has 4 saturated carbocycles. The smallest absolute Gasteiger partial charge is 0.245 e. The monoisotopic (exact) mass is 555 g/mol. The summed E-state index contributed by atoms with van der Waals surface area (Å²) in [6.07, 6.45) is 8.64. The number of hydrogen-bond donors (Lipinski definition) is 3. The van der Waals surface area contributed by atoms with Gasteiger partial charge in [0.25, 0.3) is 0 Å². The van der Waals surface area contributed by atoms with Gasteiger partial charge in [-0.3, -0.25) is 9.52 Å². The van der Waals surface area contributed by atoms with E-state index in [4.69, 9.17) is 0 Å². The Morgan fingerprint density at radius 1 is 1.00 bits per heavy atom. The second-order valence-corrected chi connectivity index (χ2v) is 13.7. The van der Waals surface area contributed by atoms with Crippen molar-refractivity contribution in [3.05, 3.63) is 64.8 Å². The fourth-order valence-corrected chi connectivity index (χ4v) is 8.81. The Morgan fingerprint density at radius 3 is 2.29 bits per heavy atom. The lowest BCUT2D eigenvalue weighted by molar-refractivity contribution is -0.126. The second-order valence-electron chi connectivity index (χ2n) is 10.9. The maximum absolute atomic E-state index is 13.8. The highest BCUT2D eigenvalue weighted by Gasteiger charge is 2.52. The lowest BCUT2D eigenvalue weighted by Gasteiger charge is -2.57. The van der Waals surface area contributed by atoms with Crippen molar-refractivity contribution in [2.24, 2.45) is 17.8 Å². The molecule has 0 saturated heterocycles. The van der Waals surface area contributed by atoms with E-state index in [-0.39, 0.29) is 17.9 Å². The molecule has 0 aliphatic heterocycles. The number of anilines is 1. The van der Waals surface area contributed by atoms with Crippen LogP contribution in [0, 0.1) is 17.8 Å². The number of fused-ring (bicyclic) bond motifs is 1. The minimum atomic E-state index is -4.01. The molecule has 1 aromatic heterocycles. The molecule has 8 heteroatoms. The average Bonchev–Trinajstić information content (AvgIpc) is 3.20. The van der Waals surface area contributed by atoms with Crippen molar-refractivity contribution in [2.75, 3.05) is 4.72 Å². The largest absolute Gasteiger partial charge is 0.361 e. The Balaban J connectivity index is 1.31. The number of H-pyrrole nitrogens is 1. The number of sulfonamides is 1. The van der Waals surface area contributed by atoms with Gasteiger partial charge < -0.3 is 10.3 Å². The number of amides is 1. The van der Waals surface area contributed by atoms with Crippen LogP contribution in [-0.4, -0.2) is 30.1 Å². The van der Waals surface area contributed by atoms with Crippen LogP contribution in [0.4, 0.5) is 5.69 Å². The number of carbonyl (C=O) groups excluding carboxylic acids is 1. The van der Waals surface area contributed by atoms with E-state index < -0.39 is 15.3 Å². The third-order valence-electron chi connectivity index (χ3n) is 8.28. The number of para-hydroxylation sites is 1. The van der Waals surface area contributed by atoms with Crippen LogP contribution in [0.5, 0.6) is 0 Å². The molecule has 35 heavy (non-hydrogen) atoms. The zero-order valence-corrected chi connectivity index (χ0v) is 21.9. The maximum Gasteiger partial charge on any atom is 0.245 e. The second kappa shape index (κ2) is 8.66. The summed E-state index contributed by atoms with van der Waals surface area (Å²) in [6.45, 7) is 0. The summed E-state index contributed by atoms with van der Waals surface area (Å²) in [4.78, 5) is 17.0. The van der Waals surface area contributed by atoms with E-state index in [0.29, 0.717) is 23.4 Å². The minimum Gasteiger partial charge on any atom is -0.361 e. The first-order valence-electron chi connectivity index (χ1n) is 12.4. The van der Waals surface area contributed by atoms with Gasteiger partial charge in [-0.1, -0.05) is 34.1 Å². The molecule has 0 spiro atoms. The molecule has 3 aromatic rings. The highest BCUT2D eigenvalue weighted by molar-refractivity contribution is 9.10. The van der Waals surface area contributed by atoms with Crippen molar-refractivity contribution in [1.29, 1.82) is 0 Å². The highest BCUT2D eigenvalue weighted by Crippen LogP contribution is 2.55. The predicted molar refractivity (Wildman–Crippen MR) is 142 cm³/mol. The van der Waals surface area contributed by atoms with Crippen LogP contribution in [0.1, 0.15) is 44.1 Å². The van der Waals surface area contributed by atoms with Gasteiger partial charge >= 0.3 is 0 Å². The number of rotatable bonds is 7. The first-order valence-corrected chi connectivity index (χ1v) is 14.8. The van der Waals surface area contributed by atoms with E-state index in [1.807, 2.05) is 30.5 Å². The number of nitrogens with one attached hydrogen (secondary N) is 3. The van der Waals surface area contributed by atoms with Gasteiger partial charge in [-0.15, -0.1) is 0 Å². The number of aromatic nitrogens is 1. The molecule has 7 rings (SSSR count). The summed E-state index contributed by atoms with van der Waals surface area (Å²) in [5, 5.41) is 3.02. The van der Waals surface area contributed by atoms with E-state index in [1.165, 1.54) is 19.3 Å². The summed E-state index contributed by atoms with van der Waals surface area (Å²) >= 11 is 3.38. The molecule has 4 fully saturated rings. The van der Waals surface area contributed by atoms with Gasteiger partial charge in [0.15, 0.2) is 5.25 Å². The molecule has 1 unspecified atom stereocenters. The van der Waals surface area contributed by atoms with Crippen LogP contribution in [0.3, 0.4) is 0 Å². The molecule has 4 aliphatic rings. The first-order chi connectivity index (χ1) is 16.8. The molecule has 6 nitrogen and oxygen atoms in total. The quantitative estimate of drug-likeness (QED) is 0.366. The van der Waals surface area contributed by atoms with Crippen LogP contribution < -0.4 is 10.0 Å². The summed E-state index contributed by atoms with van der Waals surface area (Å²) in [5.41, 5.74) is 1.95. The van der Waals surface area contributed by atoms with E-state index in [9.17, 15) is 13.2 Å². The van der Waals surface area contributed by atoms with Crippen LogP contribution in [0.25, 0.3) is 10.9 Å². The lowest BCUT2D eigenvalue weighted by atomic mass is 9.53. The third-order valence-corrected chi connectivity index (χ3v) is 10.5. The van der Waals surface area contributed by atoms with Crippen molar-refractivity contribution in [3.8, 4) is 0 Å². The fraction of sp³-hybridized carbons (Fsp3) is 0.444. The van der Waals surface area contributed by atoms with E-state index in [0.717, 1.165) is 40.2 Å². The summed E-state index contributed by atoms with van der Waals surface area (Å²) in [6, 6.07) is 14.7. The summed E-state index contributed by atoms with van der Waals surface area (Å²) in [5.74, 6) is 1.59. The normalized spacial score (nSPS) is 28.2. The van der Waals surface area contributed by atoms with E-state index >= 15 is 0 Å². The predicted octanol–water partition coefficient (Wildman–Crippen LogP) is 5.37. The van der Waals surface area contributed by atoms with Crippen LogP contribution >= 0.6 is 15.9 Å². The lowest BCUT2D eigenvalue weighted by Crippen LogP contribution is -2.62. The first kappa shape index (κ1) is 23.1. The van der Waals surface area contributed by atoms with Crippen LogP contribution in [0.15, 0.2) is 59.2 Å². The van der Waals surface area contributed by atoms with Gasteiger partial charge in [-0.25, -0.2) is 8.42 Å². The highest BCUT2D eigenvalue weighted by atomic mass is 79.9. The van der Waals surface area contributed by atoms with Gasteiger partial charge in [-0.2, -0.15) is 0 Å². The number of hydrogen-bond acceptors (Lipinski definition) is 3. The topological polar surface area (TPSA) is 91.1 Å². The Morgan fingerprint density at radius 2 is 1.63 bits per heavy atom. The van der Waals surface area contributed by atoms with Crippen molar-refractivity contribution in [3.63, 3.8) is 0 Å². The Bertz CT molecular complexity index is 1330. The molecule has 4 aliphatic carbocycles. The SMILES string of the molecule is O=C(NC12CC3CC(CC(C3)C1)C2)C(Cc1c[nH]c2ccccc12)S(=O)(=O)Nc1ccc(Br)cc1. The van der Waals surface area contributed by atoms with Gasteiger partial charge in [-0.05, 0) is 92.2 Å². The molecule has 184 valence electrons. The number of carbonyl (C=O) groups is 1. The van der Waals surface area contributed by atoms with Gasteiger partial charge in [0.05, 0.1) is 0 Å². The van der Waals surface area contributed by atoms with Gasteiger partial charge in [0.1, 0.15) is 0 Å². The minimum absolute atomic E-state index is 0.105. The average molecular weight is 557 g/mol. The van der Waals surface area contributed by atoms with Crippen LogP contribution in [0.2, 0.25) is 0 Å². The fourth-order valence-electron chi connectivity index (χ4n) is 7.20. The van der Waals surface area contributed by atoms with Crippen molar-refractivity contribution < 1.29 is 13.2 Å². The molecule has 1 atom stereocenters. The summed E-state index contributed by atoms with van der Waals surface area (Å²) < 4.78 is 30.9.